The van der Waals surface area contributed by atoms with Crippen molar-refractivity contribution in [2.24, 2.45) is 0 Å². The van der Waals surface area contributed by atoms with E-state index in [2.05, 4.69) is 21.3 Å². The lowest BCUT2D eigenvalue weighted by Gasteiger charge is -2.22. The van der Waals surface area contributed by atoms with Gasteiger partial charge in [-0.05, 0) is 31.2 Å². The number of unbranched alkanes of at least 4 members (excludes halogenated alkanes) is 2. The van der Waals surface area contributed by atoms with Gasteiger partial charge in [0.1, 0.15) is 12.6 Å². The maximum absolute atomic E-state index is 12.4. The van der Waals surface area contributed by atoms with E-state index in [0.29, 0.717) is 13.0 Å². The molecule has 0 bridgehead atoms. The van der Waals surface area contributed by atoms with Gasteiger partial charge in [-0.1, -0.05) is 56.0 Å². The van der Waals surface area contributed by atoms with Gasteiger partial charge in [-0.3, -0.25) is 14.4 Å². The number of urea groups is 1. The van der Waals surface area contributed by atoms with E-state index in [1.165, 1.54) is 19.3 Å². The fourth-order valence-corrected chi connectivity index (χ4v) is 3.88. The third-order valence-electron chi connectivity index (χ3n) is 5.65. The first-order valence-corrected chi connectivity index (χ1v) is 11.8. The fraction of sp³-hybridized carbons (Fsp3) is 0.583. The number of nitrogens with one attached hydrogen (secondary N) is 4. The Balaban J connectivity index is 1.65. The van der Waals surface area contributed by atoms with Crippen molar-refractivity contribution in [3.05, 3.63) is 35.9 Å². The zero-order valence-corrected chi connectivity index (χ0v) is 19.1. The van der Waals surface area contributed by atoms with E-state index < -0.39 is 24.5 Å². The Bertz CT molecular complexity index is 765. The summed E-state index contributed by atoms with van der Waals surface area (Å²) in [5.41, 5.74) is 0.867. The van der Waals surface area contributed by atoms with E-state index >= 15 is 0 Å². The number of hydrogen-bond donors (Lipinski definition) is 5. The molecule has 1 aromatic carbocycles. The van der Waals surface area contributed by atoms with Crippen molar-refractivity contribution in [2.75, 3.05) is 13.1 Å². The first-order chi connectivity index (χ1) is 15.9. The minimum absolute atomic E-state index is 0.129. The number of aliphatic carboxylic acids is 1. The van der Waals surface area contributed by atoms with Crippen molar-refractivity contribution in [2.45, 2.75) is 76.3 Å². The highest BCUT2D eigenvalue weighted by Crippen LogP contribution is 2.17. The lowest BCUT2D eigenvalue weighted by Crippen LogP contribution is -2.49. The topological polar surface area (TPSA) is 137 Å². The Hall–Kier alpha value is -3.10. The van der Waals surface area contributed by atoms with Crippen LogP contribution in [-0.4, -0.2) is 54.1 Å². The molecule has 0 heterocycles. The van der Waals surface area contributed by atoms with Crippen LogP contribution in [0.25, 0.3) is 0 Å². The van der Waals surface area contributed by atoms with Crippen LogP contribution < -0.4 is 21.3 Å². The average Bonchev–Trinajstić information content (AvgIpc) is 2.80. The predicted molar refractivity (Wildman–Crippen MR) is 125 cm³/mol. The van der Waals surface area contributed by atoms with Crippen molar-refractivity contribution in [3.8, 4) is 0 Å². The van der Waals surface area contributed by atoms with Gasteiger partial charge in [0.25, 0.3) is 0 Å². The van der Waals surface area contributed by atoms with Crippen LogP contribution in [0.4, 0.5) is 4.79 Å². The monoisotopic (exact) mass is 460 g/mol. The molecular formula is C24H36N4O5. The van der Waals surface area contributed by atoms with Gasteiger partial charge >= 0.3 is 12.0 Å². The van der Waals surface area contributed by atoms with Gasteiger partial charge in [-0.15, -0.1) is 0 Å². The van der Waals surface area contributed by atoms with Crippen LogP contribution in [0.15, 0.2) is 30.3 Å². The first-order valence-electron chi connectivity index (χ1n) is 11.8. The van der Waals surface area contributed by atoms with E-state index in [4.69, 9.17) is 5.11 Å². The molecule has 0 spiro atoms. The molecule has 0 aliphatic heterocycles. The molecule has 2 rings (SSSR count). The molecule has 9 nitrogen and oxygen atoms in total. The van der Waals surface area contributed by atoms with Gasteiger partial charge in [0, 0.05) is 25.4 Å². The number of carbonyl (C=O) groups is 4. The van der Waals surface area contributed by atoms with E-state index in [9.17, 15) is 19.2 Å². The summed E-state index contributed by atoms with van der Waals surface area (Å²) in [4.78, 5) is 47.4. The second kappa shape index (κ2) is 14.9. The van der Waals surface area contributed by atoms with Crippen molar-refractivity contribution in [1.82, 2.24) is 21.3 Å². The van der Waals surface area contributed by atoms with E-state index in [-0.39, 0.29) is 30.8 Å². The highest BCUT2D eigenvalue weighted by Gasteiger charge is 2.21. The SMILES string of the molecule is O=C(O)CNC(=O)[C@H](Cc1ccccc1)NC(=O)CCCCCNC(=O)NC1CCCCC1. The smallest absolute Gasteiger partial charge is 0.322 e. The minimum Gasteiger partial charge on any atom is -0.480 e. The van der Waals surface area contributed by atoms with E-state index in [1.807, 2.05) is 30.3 Å². The summed E-state index contributed by atoms with van der Waals surface area (Å²) in [6, 6.07) is 8.54. The number of rotatable bonds is 13. The van der Waals surface area contributed by atoms with Gasteiger partial charge in [-0.25, -0.2) is 4.79 Å². The van der Waals surface area contributed by atoms with Crippen LogP contribution in [0.2, 0.25) is 0 Å². The number of carboxylic acids is 1. The number of carbonyl (C=O) groups excluding carboxylic acids is 3. The van der Waals surface area contributed by atoms with Crippen LogP contribution in [0.3, 0.4) is 0 Å². The summed E-state index contributed by atoms with van der Waals surface area (Å²) in [5, 5.41) is 19.7. The van der Waals surface area contributed by atoms with Crippen LogP contribution in [0.5, 0.6) is 0 Å². The molecule has 0 aromatic heterocycles. The molecule has 1 aromatic rings. The molecule has 33 heavy (non-hydrogen) atoms. The maximum Gasteiger partial charge on any atom is 0.322 e. The number of benzene rings is 1. The van der Waals surface area contributed by atoms with Gasteiger partial charge in [-0.2, -0.15) is 0 Å². The third-order valence-corrected chi connectivity index (χ3v) is 5.65. The Morgan fingerprint density at radius 2 is 1.67 bits per heavy atom. The minimum atomic E-state index is -1.14. The molecule has 1 aliphatic rings. The molecule has 1 aliphatic carbocycles. The zero-order chi connectivity index (χ0) is 23.9. The summed E-state index contributed by atoms with van der Waals surface area (Å²) in [6.07, 6.45) is 8.36. The van der Waals surface area contributed by atoms with Gasteiger partial charge in [0.05, 0.1) is 0 Å². The van der Waals surface area contributed by atoms with Crippen molar-refractivity contribution >= 4 is 23.8 Å². The van der Waals surface area contributed by atoms with Gasteiger partial charge in [0.15, 0.2) is 0 Å². The van der Waals surface area contributed by atoms with Crippen molar-refractivity contribution in [1.29, 1.82) is 0 Å². The van der Waals surface area contributed by atoms with Crippen LogP contribution in [0.1, 0.15) is 63.4 Å². The van der Waals surface area contributed by atoms with Crippen molar-refractivity contribution in [3.63, 3.8) is 0 Å². The Kier molecular flexibility index (Phi) is 11.8. The number of amides is 4. The van der Waals surface area contributed by atoms with Crippen LogP contribution in [0, 0.1) is 0 Å². The second-order valence-electron chi connectivity index (χ2n) is 8.47. The molecule has 0 saturated heterocycles. The molecule has 1 saturated carbocycles. The first kappa shape index (κ1) is 26.2. The molecule has 9 heteroatoms. The molecule has 0 unspecified atom stereocenters. The summed E-state index contributed by atoms with van der Waals surface area (Å²) in [7, 11) is 0. The Morgan fingerprint density at radius 1 is 0.939 bits per heavy atom. The van der Waals surface area contributed by atoms with Gasteiger partial charge < -0.3 is 26.4 Å². The van der Waals surface area contributed by atoms with E-state index in [0.717, 1.165) is 31.2 Å². The van der Waals surface area contributed by atoms with Crippen LogP contribution in [-0.2, 0) is 20.8 Å². The molecule has 1 atom stereocenters. The third kappa shape index (κ3) is 11.4. The number of carboxylic acid groups (broad SMARTS) is 1. The lowest BCUT2D eigenvalue weighted by atomic mass is 9.96. The highest BCUT2D eigenvalue weighted by molar-refractivity contribution is 5.89. The van der Waals surface area contributed by atoms with E-state index in [1.54, 1.807) is 0 Å². The average molecular weight is 461 g/mol. The maximum atomic E-state index is 12.4. The molecule has 4 amide bonds. The van der Waals surface area contributed by atoms with Crippen LogP contribution >= 0.6 is 0 Å². The summed E-state index contributed by atoms with van der Waals surface area (Å²) < 4.78 is 0. The predicted octanol–water partition coefficient (Wildman–Crippen LogP) is 2.11. The molecular weight excluding hydrogens is 424 g/mol. The van der Waals surface area contributed by atoms with Gasteiger partial charge in [0.2, 0.25) is 11.8 Å². The molecule has 182 valence electrons. The summed E-state index contributed by atoms with van der Waals surface area (Å²) in [6.45, 7) is 0.0513. The highest BCUT2D eigenvalue weighted by atomic mass is 16.4. The quantitative estimate of drug-likeness (QED) is 0.287. The zero-order valence-electron chi connectivity index (χ0n) is 19.1. The number of hydrogen-bond acceptors (Lipinski definition) is 4. The normalized spacial score (nSPS) is 14.7. The molecule has 5 N–H and O–H groups in total. The summed E-state index contributed by atoms with van der Waals surface area (Å²) >= 11 is 0. The summed E-state index contributed by atoms with van der Waals surface area (Å²) in [5.74, 6) is -1.93. The lowest BCUT2D eigenvalue weighted by molar-refractivity contribution is -0.138. The Labute approximate surface area is 195 Å². The molecule has 0 radical (unpaired) electrons. The second-order valence-corrected chi connectivity index (χ2v) is 8.47. The molecule has 1 fully saturated rings. The van der Waals surface area contributed by atoms with Crippen molar-refractivity contribution < 1.29 is 24.3 Å². The fourth-order valence-electron chi connectivity index (χ4n) is 3.88. The Morgan fingerprint density at radius 3 is 2.36 bits per heavy atom. The standard InChI is InChI=1S/C24H36N4O5/c29-21(14-8-3-9-15-25-24(33)27-19-12-6-2-7-13-19)28-20(23(32)26-17-22(30)31)16-18-10-4-1-5-11-18/h1,4-5,10-11,19-20H,2-3,6-9,12-17H2,(H,26,32)(H,28,29)(H,30,31)(H2,25,27,33)/t20-/m0/s1. The largest absolute Gasteiger partial charge is 0.480 e.